The summed E-state index contributed by atoms with van der Waals surface area (Å²) in [6.45, 7) is 6.33. The van der Waals surface area contributed by atoms with E-state index < -0.39 is 5.97 Å². The highest BCUT2D eigenvalue weighted by Crippen LogP contribution is 2.00. The number of hydrogen-bond acceptors (Lipinski definition) is 1. The summed E-state index contributed by atoms with van der Waals surface area (Å²) in [5, 5.41) is 7.91. The Labute approximate surface area is 82.4 Å². The summed E-state index contributed by atoms with van der Waals surface area (Å²) in [6.07, 6.45) is 8.03. The molecule has 0 atom stereocenters. The van der Waals surface area contributed by atoms with Crippen molar-refractivity contribution >= 4 is 5.97 Å². The Bertz CT molecular complexity index is 96.3. The first-order valence-corrected chi connectivity index (χ1v) is 5.40. The average Bonchev–Trinajstić information content (AvgIpc) is 2.06. The summed E-state index contributed by atoms with van der Waals surface area (Å²) in [4.78, 5) is 9.60. The second-order valence-electron chi connectivity index (χ2n) is 3.20. The number of carboxylic acid groups (broad SMARTS) is 1. The van der Waals surface area contributed by atoms with Gasteiger partial charge < -0.3 is 5.11 Å². The van der Waals surface area contributed by atoms with Crippen LogP contribution in [0.5, 0.6) is 0 Å². The van der Waals surface area contributed by atoms with Crippen molar-refractivity contribution < 1.29 is 9.90 Å². The van der Waals surface area contributed by atoms with E-state index in [4.69, 9.17) is 5.11 Å². The molecule has 0 heterocycles. The van der Waals surface area contributed by atoms with Crippen molar-refractivity contribution in [3.8, 4) is 0 Å². The van der Waals surface area contributed by atoms with E-state index in [1.807, 2.05) is 6.92 Å². The van der Waals surface area contributed by atoms with Crippen LogP contribution in [0.25, 0.3) is 0 Å². The third-order valence-corrected chi connectivity index (χ3v) is 1.67. The molecule has 0 aliphatic carbocycles. The van der Waals surface area contributed by atoms with Gasteiger partial charge in [-0.25, -0.2) is 0 Å². The summed E-state index contributed by atoms with van der Waals surface area (Å²) >= 11 is 0. The maximum Gasteiger partial charge on any atom is 0.303 e. The molecule has 0 saturated heterocycles. The average molecular weight is 188 g/mol. The Hall–Kier alpha value is -0.530. The Kier molecular flexibility index (Phi) is 16.1. The molecule has 0 unspecified atom stereocenters. The lowest BCUT2D eigenvalue weighted by molar-refractivity contribution is -0.137. The van der Waals surface area contributed by atoms with Crippen LogP contribution in [-0.4, -0.2) is 11.1 Å². The van der Waals surface area contributed by atoms with E-state index in [2.05, 4.69) is 13.8 Å². The number of hydrogen-bond donors (Lipinski definition) is 1. The van der Waals surface area contributed by atoms with Gasteiger partial charge in [-0.15, -0.1) is 0 Å². The predicted molar refractivity (Wildman–Crippen MR) is 57.0 cm³/mol. The SMILES string of the molecule is CCCC(=O)O.CCCCCCC. The van der Waals surface area contributed by atoms with Gasteiger partial charge in [0, 0.05) is 6.42 Å². The fourth-order valence-corrected chi connectivity index (χ4v) is 0.891. The van der Waals surface area contributed by atoms with Crippen LogP contribution in [0.3, 0.4) is 0 Å². The van der Waals surface area contributed by atoms with Crippen LogP contribution in [0.1, 0.15) is 65.7 Å². The molecule has 13 heavy (non-hydrogen) atoms. The molecule has 0 rings (SSSR count). The van der Waals surface area contributed by atoms with Gasteiger partial charge in [-0.1, -0.05) is 52.9 Å². The first-order chi connectivity index (χ1) is 6.18. The Morgan fingerprint density at radius 1 is 0.923 bits per heavy atom. The van der Waals surface area contributed by atoms with Crippen molar-refractivity contribution in [2.75, 3.05) is 0 Å². The van der Waals surface area contributed by atoms with Gasteiger partial charge in [0.2, 0.25) is 0 Å². The van der Waals surface area contributed by atoms with Crippen molar-refractivity contribution in [3.63, 3.8) is 0 Å². The maximum atomic E-state index is 9.60. The first-order valence-electron chi connectivity index (χ1n) is 5.40. The molecule has 0 aliphatic heterocycles. The largest absolute Gasteiger partial charge is 0.481 e. The Morgan fingerprint density at radius 3 is 1.54 bits per heavy atom. The third-order valence-electron chi connectivity index (χ3n) is 1.67. The zero-order valence-electron chi connectivity index (χ0n) is 9.31. The van der Waals surface area contributed by atoms with E-state index >= 15 is 0 Å². The van der Waals surface area contributed by atoms with E-state index in [9.17, 15) is 4.79 Å². The molecular weight excluding hydrogens is 164 g/mol. The molecule has 0 radical (unpaired) electrons. The summed E-state index contributed by atoms with van der Waals surface area (Å²) in [6, 6.07) is 0. The van der Waals surface area contributed by atoms with E-state index in [0.717, 1.165) is 6.42 Å². The Balaban J connectivity index is 0. The standard InChI is InChI=1S/C7H16.C4H8O2/c1-3-5-7-6-4-2;1-2-3-4(5)6/h3-7H2,1-2H3;2-3H2,1H3,(H,5,6). The fourth-order valence-electron chi connectivity index (χ4n) is 0.891. The zero-order valence-corrected chi connectivity index (χ0v) is 9.31. The van der Waals surface area contributed by atoms with Crippen LogP contribution in [0.2, 0.25) is 0 Å². The maximum absolute atomic E-state index is 9.60. The van der Waals surface area contributed by atoms with Gasteiger partial charge in [0.25, 0.3) is 0 Å². The Morgan fingerprint density at radius 2 is 1.38 bits per heavy atom. The molecule has 0 bridgehead atoms. The normalized spacial score (nSPS) is 8.85. The molecule has 1 N–H and O–H groups in total. The highest BCUT2D eigenvalue weighted by atomic mass is 16.4. The molecule has 2 heteroatoms. The smallest absolute Gasteiger partial charge is 0.303 e. The summed E-state index contributed by atoms with van der Waals surface area (Å²) in [5.74, 6) is -0.711. The highest BCUT2D eigenvalue weighted by molar-refractivity contribution is 5.66. The van der Waals surface area contributed by atoms with Crippen molar-refractivity contribution in [2.24, 2.45) is 0 Å². The number of rotatable bonds is 6. The highest BCUT2D eigenvalue weighted by Gasteiger charge is 1.87. The topological polar surface area (TPSA) is 37.3 Å². The van der Waals surface area contributed by atoms with E-state index in [0.29, 0.717) is 6.42 Å². The van der Waals surface area contributed by atoms with Crippen molar-refractivity contribution in [1.82, 2.24) is 0 Å². The first kappa shape index (κ1) is 15.0. The molecule has 0 aliphatic rings. The second-order valence-corrected chi connectivity index (χ2v) is 3.20. The lowest BCUT2D eigenvalue weighted by atomic mass is 10.2. The number of carbonyl (C=O) groups is 1. The number of unbranched alkanes of at least 4 members (excludes halogenated alkanes) is 4. The summed E-state index contributed by atoms with van der Waals surface area (Å²) in [5.41, 5.74) is 0. The van der Waals surface area contributed by atoms with Gasteiger partial charge in [0.15, 0.2) is 0 Å². The van der Waals surface area contributed by atoms with Crippen LogP contribution < -0.4 is 0 Å². The molecule has 0 amide bonds. The molecule has 0 saturated carbocycles. The monoisotopic (exact) mass is 188 g/mol. The van der Waals surface area contributed by atoms with Gasteiger partial charge in [0.05, 0.1) is 0 Å². The quantitative estimate of drug-likeness (QED) is 0.643. The minimum absolute atomic E-state index is 0.292. The van der Waals surface area contributed by atoms with E-state index in [-0.39, 0.29) is 0 Å². The molecule has 0 aromatic heterocycles. The fraction of sp³-hybridized carbons (Fsp3) is 0.909. The molecular formula is C11H24O2. The molecule has 0 spiro atoms. The molecule has 0 aromatic carbocycles. The molecule has 2 nitrogen and oxygen atoms in total. The van der Waals surface area contributed by atoms with E-state index in [1.54, 1.807) is 0 Å². The lowest BCUT2D eigenvalue weighted by Gasteiger charge is -1.90. The van der Waals surface area contributed by atoms with Crippen molar-refractivity contribution in [3.05, 3.63) is 0 Å². The van der Waals surface area contributed by atoms with Crippen LogP contribution in [0, 0.1) is 0 Å². The van der Waals surface area contributed by atoms with Crippen molar-refractivity contribution in [2.45, 2.75) is 65.7 Å². The van der Waals surface area contributed by atoms with Crippen LogP contribution in [0.4, 0.5) is 0 Å². The second kappa shape index (κ2) is 14.0. The van der Waals surface area contributed by atoms with Gasteiger partial charge >= 0.3 is 5.97 Å². The lowest BCUT2D eigenvalue weighted by Crippen LogP contribution is -1.90. The van der Waals surface area contributed by atoms with Crippen LogP contribution in [-0.2, 0) is 4.79 Å². The van der Waals surface area contributed by atoms with Gasteiger partial charge in [-0.3, -0.25) is 4.79 Å². The minimum atomic E-state index is -0.711. The molecule has 0 fully saturated rings. The number of aliphatic carboxylic acids is 1. The van der Waals surface area contributed by atoms with Crippen LogP contribution in [0.15, 0.2) is 0 Å². The van der Waals surface area contributed by atoms with Gasteiger partial charge in [-0.2, -0.15) is 0 Å². The van der Waals surface area contributed by atoms with Gasteiger partial charge in [-0.05, 0) is 6.42 Å². The zero-order chi connectivity index (χ0) is 10.5. The number of carboxylic acids is 1. The molecule has 0 aromatic rings. The van der Waals surface area contributed by atoms with E-state index in [1.165, 1.54) is 32.1 Å². The summed E-state index contributed by atoms with van der Waals surface area (Å²) < 4.78 is 0. The van der Waals surface area contributed by atoms with Crippen LogP contribution >= 0.6 is 0 Å². The van der Waals surface area contributed by atoms with Crippen molar-refractivity contribution in [1.29, 1.82) is 0 Å². The van der Waals surface area contributed by atoms with Gasteiger partial charge in [0.1, 0.15) is 0 Å². The predicted octanol–water partition coefficient (Wildman–Crippen LogP) is 3.85. The minimum Gasteiger partial charge on any atom is -0.481 e. The third kappa shape index (κ3) is 24.6. The molecule has 80 valence electrons. The summed E-state index contributed by atoms with van der Waals surface area (Å²) in [7, 11) is 0.